The maximum atomic E-state index is 14.7. The third-order valence-corrected chi connectivity index (χ3v) is 5.77. The summed E-state index contributed by atoms with van der Waals surface area (Å²) in [5.41, 5.74) is 3.23. The molecule has 3 N–H and O–H groups in total. The lowest BCUT2D eigenvalue weighted by atomic mass is 10.2. The molecule has 1 aliphatic heterocycles. The number of ether oxygens (including phenoxy) is 1. The van der Waals surface area contributed by atoms with Crippen LogP contribution in [0.1, 0.15) is 12.8 Å². The Morgan fingerprint density at radius 1 is 1.06 bits per heavy atom. The number of aromatic nitrogens is 3. The number of urea groups is 1. The molecule has 1 fully saturated rings. The molecule has 0 saturated carbocycles. The lowest BCUT2D eigenvalue weighted by Gasteiger charge is -2.19. The second-order valence-corrected chi connectivity index (χ2v) is 8.52. The standard InChI is InChI=1S/C25H22ClFN6O2/c26-17-9-19(11-20(10-17)33-7-1-2-8-33)32-25(34)31-18-3-4-24(22(27)12-18)35-21-5-6-28-23(13-21)16-14-29-30-15-16/h3-6,9-15H,1-2,7-8H2,(H,29,30)(H2,31,32,34). The van der Waals surface area contributed by atoms with Crippen LogP contribution in [0.2, 0.25) is 5.02 Å². The number of aromatic amines is 1. The molecule has 2 aromatic carbocycles. The Morgan fingerprint density at radius 3 is 2.66 bits per heavy atom. The minimum absolute atomic E-state index is 0.0189. The Morgan fingerprint density at radius 2 is 1.89 bits per heavy atom. The summed E-state index contributed by atoms with van der Waals surface area (Å²) in [7, 11) is 0. The number of H-pyrrole nitrogens is 1. The van der Waals surface area contributed by atoms with E-state index in [4.69, 9.17) is 16.3 Å². The summed E-state index contributed by atoms with van der Waals surface area (Å²) in [4.78, 5) is 19.0. The van der Waals surface area contributed by atoms with Gasteiger partial charge in [0.25, 0.3) is 0 Å². The molecule has 0 spiro atoms. The van der Waals surface area contributed by atoms with Gasteiger partial charge >= 0.3 is 6.03 Å². The topological polar surface area (TPSA) is 95.2 Å². The second kappa shape index (κ2) is 10.0. The fourth-order valence-corrected chi connectivity index (χ4v) is 4.14. The number of halogens is 2. The van der Waals surface area contributed by atoms with Crippen LogP contribution in [0.3, 0.4) is 0 Å². The molecule has 1 aliphatic rings. The number of benzene rings is 2. The highest BCUT2D eigenvalue weighted by Crippen LogP contribution is 2.30. The molecule has 178 valence electrons. The number of anilines is 3. The summed E-state index contributed by atoms with van der Waals surface area (Å²) >= 11 is 6.25. The van der Waals surface area contributed by atoms with E-state index in [0.29, 0.717) is 22.2 Å². The third kappa shape index (κ3) is 5.52. The van der Waals surface area contributed by atoms with E-state index in [9.17, 15) is 9.18 Å². The highest BCUT2D eigenvalue weighted by Gasteiger charge is 2.15. The summed E-state index contributed by atoms with van der Waals surface area (Å²) in [6, 6.07) is 12.4. The smallest absolute Gasteiger partial charge is 0.323 e. The van der Waals surface area contributed by atoms with Crippen molar-refractivity contribution in [1.29, 1.82) is 0 Å². The highest BCUT2D eigenvalue weighted by molar-refractivity contribution is 6.31. The molecular formula is C25H22ClFN6O2. The number of pyridine rings is 1. The predicted octanol–water partition coefficient (Wildman–Crippen LogP) is 6.30. The van der Waals surface area contributed by atoms with Crippen LogP contribution in [0.4, 0.5) is 26.2 Å². The minimum Gasteiger partial charge on any atom is -0.454 e. The molecule has 2 amide bonds. The van der Waals surface area contributed by atoms with Crippen molar-refractivity contribution < 1.29 is 13.9 Å². The number of rotatable bonds is 6. The average molecular weight is 493 g/mol. The van der Waals surface area contributed by atoms with Crippen LogP contribution < -0.4 is 20.3 Å². The number of carbonyl (C=O) groups excluding carboxylic acids is 1. The van der Waals surface area contributed by atoms with Gasteiger partial charge < -0.3 is 20.3 Å². The lowest BCUT2D eigenvalue weighted by molar-refractivity contribution is 0.262. The van der Waals surface area contributed by atoms with Crippen molar-refractivity contribution in [3.63, 3.8) is 0 Å². The van der Waals surface area contributed by atoms with Gasteiger partial charge in [-0.3, -0.25) is 10.1 Å². The van der Waals surface area contributed by atoms with Crippen molar-refractivity contribution in [2.45, 2.75) is 12.8 Å². The molecule has 5 rings (SSSR count). The average Bonchev–Trinajstić information content (AvgIpc) is 3.55. The first-order valence-electron chi connectivity index (χ1n) is 11.1. The maximum Gasteiger partial charge on any atom is 0.323 e. The fraction of sp³-hybridized carbons (Fsp3) is 0.160. The zero-order chi connectivity index (χ0) is 24.2. The van der Waals surface area contributed by atoms with Gasteiger partial charge in [0.1, 0.15) is 5.75 Å². The quantitative estimate of drug-likeness (QED) is 0.293. The maximum absolute atomic E-state index is 14.7. The van der Waals surface area contributed by atoms with Crippen LogP contribution >= 0.6 is 11.6 Å². The van der Waals surface area contributed by atoms with Crippen molar-refractivity contribution in [1.82, 2.24) is 15.2 Å². The molecule has 4 aromatic rings. The monoisotopic (exact) mass is 492 g/mol. The molecule has 0 atom stereocenters. The minimum atomic E-state index is -0.622. The number of nitrogens with one attached hydrogen (secondary N) is 3. The number of carbonyl (C=O) groups is 1. The number of amides is 2. The van der Waals surface area contributed by atoms with Crippen molar-refractivity contribution in [2.24, 2.45) is 0 Å². The van der Waals surface area contributed by atoms with E-state index < -0.39 is 11.8 Å². The molecule has 8 nitrogen and oxygen atoms in total. The van der Waals surface area contributed by atoms with E-state index in [-0.39, 0.29) is 11.4 Å². The van der Waals surface area contributed by atoms with E-state index in [1.54, 1.807) is 42.9 Å². The van der Waals surface area contributed by atoms with Gasteiger partial charge in [0, 0.05) is 65.3 Å². The molecule has 10 heteroatoms. The molecular weight excluding hydrogens is 471 g/mol. The Kier molecular flexibility index (Phi) is 6.49. The van der Waals surface area contributed by atoms with Gasteiger partial charge in [0.05, 0.1) is 11.9 Å². The van der Waals surface area contributed by atoms with Gasteiger partial charge in [-0.25, -0.2) is 9.18 Å². The number of hydrogen-bond acceptors (Lipinski definition) is 5. The van der Waals surface area contributed by atoms with Gasteiger partial charge in [-0.15, -0.1) is 0 Å². The molecule has 3 heterocycles. The lowest BCUT2D eigenvalue weighted by Crippen LogP contribution is -2.21. The Labute approximate surface area is 206 Å². The van der Waals surface area contributed by atoms with Gasteiger partial charge in [-0.2, -0.15) is 5.10 Å². The SMILES string of the molecule is O=C(Nc1cc(Cl)cc(N2CCCC2)c1)Nc1ccc(Oc2ccnc(-c3cn[nH]c3)c2)c(F)c1. The van der Waals surface area contributed by atoms with Gasteiger partial charge in [-0.1, -0.05) is 11.6 Å². The van der Waals surface area contributed by atoms with Crippen LogP contribution in [-0.4, -0.2) is 34.3 Å². The number of nitrogens with zero attached hydrogens (tertiary/aromatic N) is 3. The summed E-state index contributed by atoms with van der Waals surface area (Å²) in [6.07, 6.45) is 7.17. The van der Waals surface area contributed by atoms with Crippen LogP contribution in [0, 0.1) is 5.82 Å². The zero-order valence-corrected chi connectivity index (χ0v) is 19.3. The predicted molar refractivity (Wildman–Crippen MR) is 134 cm³/mol. The summed E-state index contributed by atoms with van der Waals surface area (Å²) < 4.78 is 20.4. The Balaban J connectivity index is 1.24. The molecule has 1 saturated heterocycles. The number of hydrogen-bond donors (Lipinski definition) is 3. The summed E-state index contributed by atoms with van der Waals surface area (Å²) in [5, 5.41) is 12.5. The van der Waals surface area contributed by atoms with E-state index in [0.717, 1.165) is 37.2 Å². The van der Waals surface area contributed by atoms with Crippen molar-refractivity contribution in [2.75, 3.05) is 28.6 Å². The molecule has 0 bridgehead atoms. The van der Waals surface area contributed by atoms with Crippen LogP contribution in [-0.2, 0) is 0 Å². The molecule has 0 radical (unpaired) electrons. The van der Waals surface area contributed by atoms with Crippen molar-refractivity contribution in [3.05, 3.63) is 78.0 Å². The van der Waals surface area contributed by atoms with E-state index in [1.165, 1.54) is 12.1 Å². The van der Waals surface area contributed by atoms with E-state index >= 15 is 0 Å². The molecule has 0 aliphatic carbocycles. The van der Waals surface area contributed by atoms with E-state index in [2.05, 4.69) is 30.7 Å². The van der Waals surface area contributed by atoms with E-state index in [1.807, 2.05) is 12.1 Å². The first kappa shape index (κ1) is 22.7. The molecule has 35 heavy (non-hydrogen) atoms. The second-order valence-electron chi connectivity index (χ2n) is 8.08. The highest BCUT2D eigenvalue weighted by atomic mass is 35.5. The fourth-order valence-electron chi connectivity index (χ4n) is 3.91. The van der Waals surface area contributed by atoms with Crippen LogP contribution in [0.5, 0.6) is 11.5 Å². The van der Waals surface area contributed by atoms with Crippen LogP contribution in [0.25, 0.3) is 11.3 Å². The van der Waals surface area contributed by atoms with Crippen molar-refractivity contribution >= 4 is 34.7 Å². The largest absolute Gasteiger partial charge is 0.454 e. The molecule has 2 aromatic heterocycles. The van der Waals surface area contributed by atoms with Crippen molar-refractivity contribution in [3.8, 4) is 22.8 Å². The third-order valence-electron chi connectivity index (χ3n) is 5.55. The Bertz CT molecular complexity index is 1340. The normalized spacial score (nSPS) is 13.0. The summed E-state index contributed by atoms with van der Waals surface area (Å²) in [6.45, 7) is 1.92. The zero-order valence-electron chi connectivity index (χ0n) is 18.6. The molecule has 0 unspecified atom stereocenters. The van der Waals surface area contributed by atoms with Gasteiger partial charge in [0.15, 0.2) is 11.6 Å². The van der Waals surface area contributed by atoms with Gasteiger partial charge in [-0.05, 0) is 49.2 Å². The summed E-state index contributed by atoms with van der Waals surface area (Å²) in [5.74, 6) is -0.183. The van der Waals surface area contributed by atoms with Crippen LogP contribution in [0.15, 0.2) is 67.1 Å². The first-order chi connectivity index (χ1) is 17.0. The first-order valence-corrected chi connectivity index (χ1v) is 11.5. The van der Waals surface area contributed by atoms with Gasteiger partial charge in [0.2, 0.25) is 0 Å². The Hall–Kier alpha value is -4.11.